The molecule has 13 heavy (non-hydrogen) atoms. The molecule has 70 valence electrons. The summed E-state index contributed by atoms with van der Waals surface area (Å²) in [4.78, 5) is 19.2. The van der Waals surface area contributed by atoms with E-state index in [1.54, 1.807) is 6.20 Å². The Kier molecular flexibility index (Phi) is 3.54. The van der Waals surface area contributed by atoms with Gasteiger partial charge in [0.15, 0.2) is 0 Å². The van der Waals surface area contributed by atoms with Crippen LogP contribution in [0.3, 0.4) is 0 Å². The van der Waals surface area contributed by atoms with Gasteiger partial charge in [-0.15, -0.1) is 0 Å². The first-order chi connectivity index (χ1) is 6.11. The molecule has 0 spiro atoms. The number of hydrogen-bond acceptors (Lipinski definition) is 3. The fourth-order valence-electron chi connectivity index (χ4n) is 0.837. The van der Waals surface area contributed by atoms with Gasteiger partial charge in [0.2, 0.25) is 0 Å². The Morgan fingerprint density at radius 1 is 1.62 bits per heavy atom. The zero-order chi connectivity index (χ0) is 9.84. The summed E-state index contributed by atoms with van der Waals surface area (Å²) in [7, 11) is 0. The molecule has 1 aromatic rings. The van der Waals surface area contributed by atoms with E-state index < -0.39 is 0 Å². The van der Waals surface area contributed by atoms with E-state index in [1.807, 2.05) is 13.8 Å². The molecule has 1 heterocycles. The number of rotatable bonds is 3. The van der Waals surface area contributed by atoms with Crippen molar-refractivity contribution in [3.8, 4) is 0 Å². The van der Waals surface area contributed by atoms with E-state index in [0.29, 0.717) is 6.42 Å². The number of carbonyl (C=O) groups is 1. The molecule has 0 radical (unpaired) electrons. The topological polar surface area (TPSA) is 42.9 Å². The zero-order valence-corrected chi connectivity index (χ0v) is 9.21. The van der Waals surface area contributed by atoms with Crippen molar-refractivity contribution in [3.63, 3.8) is 0 Å². The second-order valence-corrected chi connectivity index (χ2v) is 3.97. The van der Waals surface area contributed by atoms with E-state index in [1.165, 1.54) is 6.33 Å². The molecule has 0 aliphatic rings. The van der Waals surface area contributed by atoms with E-state index >= 15 is 0 Å². The molecule has 0 aliphatic carbocycles. The van der Waals surface area contributed by atoms with Crippen LogP contribution in [0.2, 0.25) is 0 Å². The normalized spacial score (nSPS) is 10.5. The maximum Gasteiger partial charge on any atom is 0.141 e. The first kappa shape index (κ1) is 10.3. The highest BCUT2D eigenvalue weighted by molar-refractivity contribution is 9.10. The van der Waals surface area contributed by atoms with Crippen molar-refractivity contribution < 1.29 is 4.79 Å². The Balaban J connectivity index is 2.75. The number of carbonyl (C=O) groups excluding carboxylic acids is 1. The first-order valence-corrected chi connectivity index (χ1v) is 4.87. The zero-order valence-electron chi connectivity index (χ0n) is 7.62. The molecule has 0 aliphatic heterocycles. The van der Waals surface area contributed by atoms with E-state index in [2.05, 4.69) is 25.9 Å². The average Bonchev–Trinajstić information content (AvgIpc) is 2.08. The van der Waals surface area contributed by atoms with Crippen LogP contribution in [0.25, 0.3) is 0 Å². The van der Waals surface area contributed by atoms with E-state index in [9.17, 15) is 4.79 Å². The van der Waals surface area contributed by atoms with Gasteiger partial charge in [-0.05, 0) is 15.9 Å². The molecule has 0 atom stereocenters. The van der Waals surface area contributed by atoms with Gasteiger partial charge in [0, 0.05) is 12.1 Å². The van der Waals surface area contributed by atoms with E-state index in [-0.39, 0.29) is 11.7 Å². The van der Waals surface area contributed by atoms with Crippen LogP contribution in [0.4, 0.5) is 0 Å². The summed E-state index contributed by atoms with van der Waals surface area (Å²) in [5, 5.41) is 0. The number of hydrogen-bond donors (Lipinski definition) is 0. The summed E-state index contributed by atoms with van der Waals surface area (Å²) < 4.78 is 0.795. The van der Waals surface area contributed by atoms with Gasteiger partial charge in [0.25, 0.3) is 0 Å². The van der Waals surface area contributed by atoms with Gasteiger partial charge < -0.3 is 0 Å². The van der Waals surface area contributed by atoms with Crippen LogP contribution in [0.15, 0.2) is 17.0 Å². The Hall–Kier alpha value is -0.770. The summed E-state index contributed by atoms with van der Waals surface area (Å²) >= 11 is 3.30. The Morgan fingerprint density at radius 3 is 2.85 bits per heavy atom. The molecule has 1 rings (SSSR count). The van der Waals surface area contributed by atoms with Gasteiger partial charge in [-0.2, -0.15) is 0 Å². The fourth-order valence-corrected chi connectivity index (χ4v) is 1.20. The minimum absolute atomic E-state index is 0.0573. The summed E-state index contributed by atoms with van der Waals surface area (Å²) in [6.45, 7) is 3.77. The predicted molar refractivity (Wildman–Crippen MR) is 53.3 cm³/mol. The Morgan fingerprint density at radius 2 is 2.31 bits per heavy atom. The molecule has 0 unspecified atom stereocenters. The molecule has 1 aromatic heterocycles. The summed E-state index contributed by atoms with van der Waals surface area (Å²) in [6, 6.07) is 0. The van der Waals surface area contributed by atoms with Crippen LogP contribution in [-0.2, 0) is 11.2 Å². The smallest absolute Gasteiger partial charge is 0.141 e. The third-order valence-electron chi connectivity index (χ3n) is 1.73. The van der Waals surface area contributed by atoms with Crippen molar-refractivity contribution >= 4 is 21.7 Å². The van der Waals surface area contributed by atoms with Crippen LogP contribution >= 0.6 is 15.9 Å². The molecule has 0 bridgehead atoms. The average molecular weight is 243 g/mol. The van der Waals surface area contributed by atoms with Crippen LogP contribution in [0.5, 0.6) is 0 Å². The van der Waals surface area contributed by atoms with E-state index in [0.717, 1.165) is 10.2 Å². The molecule has 0 aromatic carbocycles. The van der Waals surface area contributed by atoms with Crippen LogP contribution in [0.1, 0.15) is 19.5 Å². The second kappa shape index (κ2) is 4.46. The Bertz CT molecular complexity index is 312. The van der Waals surface area contributed by atoms with Gasteiger partial charge in [0.1, 0.15) is 12.1 Å². The highest BCUT2D eigenvalue weighted by Gasteiger charge is 2.11. The molecule has 0 N–H and O–H groups in total. The lowest BCUT2D eigenvalue weighted by Crippen LogP contribution is -2.11. The van der Waals surface area contributed by atoms with E-state index in [4.69, 9.17) is 0 Å². The van der Waals surface area contributed by atoms with Gasteiger partial charge in [0.05, 0.1) is 16.6 Å². The first-order valence-electron chi connectivity index (χ1n) is 4.08. The maximum atomic E-state index is 11.4. The molecule has 4 heteroatoms. The predicted octanol–water partition coefficient (Wildman–Crippen LogP) is 2.01. The van der Waals surface area contributed by atoms with Gasteiger partial charge in [-0.25, -0.2) is 9.97 Å². The molecule has 0 saturated carbocycles. The lowest BCUT2D eigenvalue weighted by molar-refractivity contribution is -0.121. The third-order valence-corrected chi connectivity index (χ3v) is 2.39. The fraction of sp³-hybridized carbons (Fsp3) is 0.444. The third kappa shape index (κ3) is 2.88. The summed E-state index contributed by atoms with van der Waals surface area (Å²) in [6.07, 6.45) is 3.48. The number of aromatic nitrogens is 2. The lowest BCUT2D eigenvalue weighted by Gasteiger charge is -2.04. The summed E-state index contributed by atoms with van der Waals surface area (Å²) in [5.41, 5.74) is 0.758. The monoisotopic (exact) mass is 242 g/mol. The van der Waals surface area contributed by atoms with Crippen molar-refractivity contribution in [3.05, 3.63) is 22.7 Å². The number of halogens is 1. The largest absolute Gasteiger partial charge is 0.299 e. The van der Waals surface area contributed by atoms with Gasteiger partial charge >= 0.3 is 0 Å². The summed E-state index contributed by atoms with van der Waals surface area (Å²) in [5.74, 6) is 0.251. The lowest BCUT2D eigenvalue weighted by atomic mass is 10.0. The standard InChI is InChI=1S/C9H11BrN2O/c1-6(2)9(13)3-8-7(10)4-11-5-12-8/h4-6H,3H2,1-2H3. The SMILES string of the molecule is CC(C)C(=O)Cc1ncncc1Br. The second-order valence-electron chi connectivity index (χ2n) is 3.12. The quantitative estimate of drug-likeness (QED) is 0.815. The molecular formula is C9H11BrN2O. The van der Waals surface area contributed by atoms with Gasteiger partial charge in [-0.3, -0.25) is 4.79 Å². The van der Waals surface area contributed by atoms with Crippen molar-refractivity contribution in [2.24, 2.45) is 5.92 Å². The molecule has 0 amide bonds. The minimum Gasteiger partial charge on any atom is -0.299 e. The number of ketones is 1. The minimum atomic E-state index is 0.0573. The number of nitrogens with zero attached hydrogens (tertiary/aromatic N) is 2. The van der Waals surface area contributed by atoms with Gasteiger partial charge in [-0.1, -0.05) is 13.8 Å². The van der Waals surface area contributed by atoms with Crippen molar-refractivity contribution in [1.29, 1.82) is 0 Å². The molecule has 0 saturated heterocycles. The highest BCUT2D eigenvalue weighted by atomic mass is 79.9. The Labute approximate surface area is 85.7 Å². The number of Topliss-reactive ketones (excluding diaryl/α,β-unsaturated/α-hetero) is 1. The molecular weight excluding hydrogens is 232 g/mol. The van der Waals surface area contributed by atoms with Crippen molar-refractivity contribution in [2.45, 2.75) is 20.3 Å². The van der Waals surface area contributed by atoms with Crippen molar-refractivity contribution in [1.82, 2.24) is 9.97 Å². The van der Waals surface area contributed by atoms with Crippen LogP contribution in [0, 0.1) is 5.92 Å². The maximum absolute atomic E-state index is 11.4. The van der Waals surface area contributed by atoms with Crippen LogP contribution < -0.4 is 0 Å². The molecule has 3 nitrogen and oxygen atoms in total. The van der Waals surface area contributed by atoms with Crippen LogP contribution in [-0.4, -0.2) is 15.8 Å². The van der Waals surface area contributed by atoms with Crippen molar-refractivity contribution in [2.75, 3.05) is 0 Å². The highest BCUT2D eigenvalue weighted by Crippen LogP contribution is 2.13. The molecule has 0 fully saturated rings.